The van der Waals surface area contributed by atoms with Gasteiger partial charge in [0, 0.05) is 19.0 Å². The second kappa shape index (κ2) is 8.31. The molecule has 0 atom stereocenters. The van der Waals surface area contributed by atoms with E-state index in [9.17, 15) is 0 Å². The zero-order valence-electron chi connectivity index (χ0n) is 9.47. The molecule has 0 heterocycles. The van der Waals surface area contributed by atoms with E-state index in [2.05, 4.69) is 18.9 Å². The van der Waals surface area contributed by atoms with Crippen LogP contribution in [0.2, 0.25) is 0 Å². The molecule has 0 aliphatic rings. The molecule has 0 unspecified atom stereocenters. The molecule has 0 spiro atoms. The summed E-state index contributed by atoms with van der Waals surface area (Å²) < 4.78 is 0. The highest BCUT2D eigenvalue weighted by Crippen LogP contribution is 1.93. The van der Waals surface area contributed by atoms with Crippen molar-refractivity contribution in [3.63, 3.8) is 0 Å². The fourth-order valence-electron chi connectivity index (χ4n) is 0.718. The van der Waals surface area contributed by atoms with Gasteiger partial charge < -0.3 is 0 Å². The molecule has 0 saturated heterocycles. The molecule has 0 saturated carbocycles. The van der Waals surface area contributed by atoms with Crippen molar-refractivity contribution in [2.24, 2.45) is 5.10 Å². The normalized spacial score (nSPS) is 7.58. The molecule has 0 aliphatic carbocycles. The molecule has 0 amide bonds. The molecule has 0 aromatic rings. The Labute approximate surface area is 77.0 Å². The maximum Gasteiger partial charge on any atom is 0.0322 e. The standard InChI is InChI=1S/C8H16N2.C2H6/c1-7(2)6-10(5)9-8(3)4;1-2/h6H,1-5H3;1-2H3. The highest BCUT2D eigenvalue weighted by atomic mass is 15.4. The SMILES string of the molecule is CC.CC(C)=CN(C)N=C(C)C. The maximum atomic E-state index is 4.19. The van der Waals surface area contributed by atoms with Crippen molar-refractivity contribution >= 4 is 5.71 Å². The lowest BCUT2D eigenvalue weighted by atomic mass is 10.4. The molecule has 0 bridgehead atoms. The highest BCUT2D eigenvalue weighted by Gasteiger charge is 1.85. The summed E-state index contributed by atoms with van der Waals surface area (Å²) >= 11 is 0. The van der Waals surface area contributed by atoms with E-state index in [1.54, 1.807) is 0 Å². The summed E-state index contributed by atoms with van der Waals surface area (Å²) in [6, 6.07) is 0. The lowest BCUT2D eigenvalue weighted by Gasteiger charge is -2.07. The summed E-state index contributed by atoms with van der Waals surface area (Å²) in [5.41, 5.74) is 2.33. The zero-order chi connectivity index (χ0) is 10.1. The van der Waals surface area contributed by atoms with Crippen molar-refractivity contribution in [3.05, 3.63) is 11.8 Å². The Bertz CT molecular complexity index is 131. The molecule has 0 aromatic heterocycles. The van der Waals surface area contributed by atoms with Crippen LogP contribution in [0.25, 0.3) is 0 Å². The average Bonchev–Trinajstić information content (AvgIpc) is 1.87. The Morgan fingerprint density at radius 1 is 1.08 bits per heavy atom. The second-order valence-electron chi connectivity index (χ2n) is 2.83. The third-order valence-electron chi connectivity index (χ3n) is 0.803. The number of nitrogens with zero attached hydrogens (tertiary/aromatic N) is 2. The van der Waals surface area contributed by atoms with Gasteiger partial charge in [-0.1, -0.05) is 19.4 Å². The van der Waals surface area contributed by atoms with Crippen LogP contribution in [-0.2, 0) is 0 Å². The Kier molecular flexibility index (Phi) is 9.54. The van der Waals surface area contributed by atoms with E-state index in [1.165, 1.54) is 5.57 Å². The second-order valence-corrected chi connectivity index (χ2v) is 2.83. The Morgan fingerprint density at radius 2 is 1.50 bits per heavy atom. The molecule has 0 aromatic carbocycles. The monoisotopic (exact) mass is 170 g/mol. The fraction of sp³-hybridized carbons (Fsp3) is 0.700. The van der Waals surface area contributed by atoms with Crippen LogP contribution in [0, 0.1) is 0 Å². The fourth-order valence-corrected chi connectivity index (χ4v) is 0.718. The minimum Gasteiger partial charge on any atom is -0.276 e. The van der Waals surface area contributed by atoms with Gasteiger partial charge in [-0.25, -0.2) is 0 Å². The van der Waals surface area contributed by atoms with Crippen LogP contribution in [0.1, 0.15) is 41.5 Å². The first-order chi connectivity index (χ1) is 5.52. The van der Waals surface area contributed by atoms with Gasteiger partial charge in [-0.2, -0.15) is 5.10 Å². The van der Waals surface area contributed by atoms with Crippen molar-refractivity contribution in [2.75, 3.05) is 7.05 Å². The summed E-state index contributed by atoms with van der Waals surface area (Å²) in [6.07, 6.45) is 1.99. The van der Waals surface area contributed by atoms with E-state index < -0.39 is 0 Å². The van der Waals surface area contributed by atoms with Crippen molar-refractivity contribution < 1.29 is 0 Å². The van der Waals surface area contributed by atoms with E-state index in [4.69, 9.17) is 0 Å². The predicted octanol–water partition coefficient (Wildman–Crippen LogP) is 3.26. The first-order valence-corrected chi connectivity index (χ1v) is 4.42. The number of hydrogen-bond donors (Lipinski definition) is 0. The van der Waals surface area contributed by atoms with Gasteiger partial charge in [-0.05, 0) is 27.7 Å². The summed E-state index contributed by atoms with van der Waals surface area (Å²) in [5.74, 6) is 0. The molecule has 0 fully saturated rings. The van der Waals surface area contributed by atoms with E-state index in [0.717, 1.165) is 5.71 Å². The molecule has 2 heteroatoms. The molecule has 2 nitrogen and oxygen atoms in total. The van der Waals surface area contributed by atoms with Crippen LogP contribution < -0.4 is 0 Å². The lowest BCUT2D eigenvalue weighted by Crippen LogP contribution is -2.03. The first kappa shape index (κ1) is 13.8. The topological polar surface area (TPSA) is 15.6 Å². The van der Waals surface area contributed by atoms with Crippen molar-refractivity contribution in [1.82, 2.24) is 5.01 Å². The molecule has 0 radical (unpaired) electrons. The van der Waals surface area contributed by atoms with E-state index in [0.29, 0.717) is 0 Å². The van der Waals surface area contributed by atoms with E-state index >= 15 is 0 Å². The molecule has 0 rings (SSSR count). The maximum absolute atomic E-state index is 4.19. The predicted molar refractivity (Wildman–Crippen MR) is 57.3 cm³/mol. The van der Waals surface area contributed by atoms with Crippen molar-refractivity contribution in [3.8, 4) is 0 Å². The van der Waals surface area contributed by atoms with Crippen molar-refractivity contribution in [1.29, 1.82) is 0 Å². The number of hydrazone groups is 1. The third-order valence-corrected chi connectivity index (χ3v) is 0.803. The number of hydrogen-bond acceptors (Lipinski definition) is 2. The van der Waals surface area contributed by atoms with Gasteiger partial charge in [0.05, 0.1) is 0 Å². The van der Waals surface area contributed by atoms with Gasteiger partial charge in [0.2, 0.25) is 0 Å². The zero-order valence-corrected chi connectivity index (χ0v) is 9.47. The van der Waals surface area contributed by atoms with E-state index in [1.807, 2.05) is 46.0 Å². The number of rotatable bonds is 2. The summed E-state index contributed by atoms with van der Waals surface area (Å²) in [5, 5.41) is 6.02. The minimum atomic E-state index is 1.07. The van der Waals surface area contributed by atoms with Crippen LogP contribution in [0.4, 0.5) is 0 Å². The van der Waals surface area contributed by atoms with Gasteiger partial charge in [-0.15, -0.1) is 0 Å². The summed E-state index contributed by atoms with van der Waals surface area (Å²) in [7, 11) is 1.93. The minimum absolute atomic E-state index is 1.07. The van der Waals surface area contributed by atoms with E-state index in [-0.39, 0.29) is 0 Å². The van der Waals surface area contributed by atoms with Crippen LogP contribution in [-0.4, -0.2) is 17.8 Å². The number of allylic oxidation sites excluding steroid dienone is 1. The first-order valence-electron chi connectivity index (χ1n) is 4.42. The molecule has 0 N–H and O–H groups in total. The van der Waals surface area contributed by atoms with Gasteiger partial charge in [0.1, 0.15) is 0 Å². The smallest absolute Gasteiger partial charge is 0.0322 e. The highest BCUT2D eigenvalue weighted by molar-refractivity contribution is 5.78. The lowest BCUT2D eigenvalue weighted by molar-refractivity contribution is 0.485. The largest absolute Gasteiger partial charge is 0.276 e. The van der Waals surface area contributed by atoms with Gasteiger partial charge in [-0.3, -0.25) is 5.01 Å². The average molecular weight is 170 g/mol. The van der Waals surface area contributed by atoms with Crippen LogP contribution >= 0.6 is 0 Å². The van der Waals surface area contributed by atoms with Crippen LogP contribution in [0.3, 0.4) is 0 Å². The van der Waals surface area contributed by atoms with Gasteiger partial charge in [0.25, 0.3) is 0 Å². The summed E-state index contributed by atoms with van der Waals surface area (Å²) in [6.45, 7) is 12.1. The summed E-state index contributed by atoms with van der Waals surface area (Å²) in [4.78, 5) is 0. The quantitative estimate of drug-likeness (QED) is 0.459. The van der Waals surface area contributed by atoms with Gasteiger partial charge in [0.15, 0.2) is 0 Å². The van der Waals surface area contributed by atoms with Gasteiger partial charge >= 0.3 is 0 Å². The molecule has 72 valence electrons. The van der Waals surface area contributed by atoms with Crippen molar-refractivity contribution in [2.45, 2.75) is 41.5 Å². The molecule has 0 aliphatic heterocycles. The molecular weight excluding hydrogens is 148 g/mol. The molecular formula is C10H22N2. The molecule has 12 heavy (non-hydrogen) atoms. The Morgan fingerprint density at radius 3 is 1.75 bits per heavy atom. The third kappa shape index (κ3) is 11.9. The van der Waals surface area contributed by atoms with Crippen LogP contribution in [0.15, 0.2) is 16.9 Å². The van der Waals surface area contributed by atoms with Crippen LogP contribution in [0.5, 0.6) is 0 Å². The Hall–Kier alpha value is -0.790. The Balaban J connectivity index is 0.